The highest BCUT2D eigenvalue weighted by atomic mass is 32.2. The Balaban J connectivity index is 1.47. The Hall–Kier alpha value is -2.03. The van der Waals surface area contributed by atoms with E-state index in [9.17, 15) is 8.42 Å². The summed E-state index contributed by atoms with van der Waals surface area (Å²) < 4.78 is 27.3. The van der Waals surface area contributed by atoms with Crippen LogP contribution >= 0.6 is 0 Å². The van der Waals surface area contributed by atoms with Gasteiger partial charge in [-0.1, -0.05) is 30.3 Å². The molecular formula is C21H29N5O2S. The summed E-state index contributed by atoms with van der Waals surface area (Å²) in [5.41, 5.74) is 3.31. The molecule has 1 aromatic heterocycles. The van der Waals surface area contributed by atoms with Crippen LogP contribution < -0.4 is 5.32 Å². The molecule has 0 aliphatic carbocycles. The molecule has 0 saturated carbocycles. The normalized spacial score (nSPS) is 20.6. The quantitative estimate of drug-likeness (QED) is 0.776. The van der Waals surface area contributed by atoms with Gasteiger partial charge in [-0.25, -0.2) is 22.7 Å². The number of aromatic nitrogens is 2. The topological polar surface area (TPSA) is 78.4 Å². The Morgan fingerprint density at radius 2 is 1.97 bits per heavy atom. The summed E-state index contributed by atoms with van der Waals surface area (Å²) >= 11 is 0. The average Bonchev–Trinajstić information content (AvgIpc) is 3.24. The average molecular weight is 416 g/mol. The number of sulfonamides is 1. The molecule has 1 atom stereocenters. The summed E-state index contributed by atoms with van der Waals surface area (Å²) in [5, 5.41) is 3.21. The van der Waals surface area contributed by atoms with E-state index in [4.69, 9.17) is 9.97 Å². The molecule has 1 saturated heterocycles. The molecule has 29 heavy (non-hydrogen) atoms. The fourth-order valence-electron chi connectivity index (χ4n) is 4.17. The van der Waals surface area contributed by atoms with Crippen LogP contribution in [0, 0.1) is 0 Å². The van der Waals surface area contributed by atoms with Crippen molar-refractivity contribution in [3.63, 3.8) is 0 Å². The van der Waals surface area contributed by atoms with E-state index >= 15 is 0 Å². The number of fused-ring (bicyclic) bond motifs is 1. The molecule has 0 spiro atoms. The number of nitrogens with zero attached hydrogens (tertiary/aromatic N) is 4. The Morgan fingerprint density at radius 1 is 1.17 bits per heavy atom. The van der Waals surface area contributed by atoms with Crippen LogP contribution in [-0.2, 0) is 29.4 Å². The van der Waals surface area contributed by atoms with Crippen molar-refractivity contribution < 1.29 is 8.42 Å². The van der Waals surface area contributed by atoms with E-state index in [1.165, 1.54) is 0 Å². The minimum Gasteiger partial charge on any atom is -0.373 e. The third-order valence-electron chi connectivity index (χ3n) is 5.91. The third-order valence-corrected chi connectivity index (χ3v) is 7.74. The van der Waals surface area contributed by atoms with Gasteiger partial charge >= 0.3 is 0 Å². The minimum absolute atomic E-state index is 0.0542. The third kappa shape index (κ3) is 4.44. The van der Waals surface area contributed by atoms with Crippen LogP contribution in [0.2, 0.25) is 0 Å². The van der Waals surface area contributed by atoms with Gasteiger partial charge in [-0.05, 0) is 25.5 Å². The molecule has 1 aromatic carbocycles. The molecule has 0 radical (unpaired) electrons. The van der Waals surface area contributed by atoms with Gasteiger partial charge in [0.1, 0.15) is 11.6 Å². The van der Waals surface area contributed by atoms with Gasteiger partial charge in [0.05, 0.1) is 11.4 Å². The summed E-state index contributed by atoms with van der Waals surface area (Å²) in [6.07, 6.45) is 2.21. The molecule has 2 aliphatic rings. The number of hydrogen-bond donors (Lipinski definition) is 1. The summed E-state index contributed by atoms with van der Waals surface area (Å²) in [5.74, 6) is 1.85. The van der Waals surface area contributed by atoms with Gasteiger partial charge in [0.2, 0.25) is 10.0 Å². The molecule has 3 heterocycles. The van der Waals surface area contributed by atoms with Crippen molar-refractivity contribution in [2.45, 2.75) is 31.7 Å². The highest BCUT2D eigenvalue weighted by molar-refractivity contribution is 7.89. The smallest absolute Gasteiger partial charge is 0.214 e. The standard InChI is InChI=1S/C21H29N5O2S/c1-22-21-18-15-25(2)11-9-19(18)23-20(24-21)17-8-12-26(14-17)29(27,28)13-10-16-6-4-3-5-7-16/h3-7,17H,8-15H2,1-2H3,(H,22,23,24). The number of nitrogens with one attached hydrogen (secondary N) is 1. The summed E-state index contributed by atoms with van der Waals surface area (Å²) in [6, 6.07) is 9.77. The molecule has 0 bridgehead atoms. The highest BCUT2D eigenvalue weighted by Crippen LogP contribution is 2.31. The minimum atomic E-state index is -3.28. The summed E-state index contributed by atoms with van der Waals surface area (Å²) in [7, 11) is 0.704. The van der Waals surface area contributed by atoms with Crippen LogP contribution in [0.3, 0.4) is 0 Å². The van der Waals surface area contributed by atoms with E-state index < -0.39 is 10.0 Å². The predicted molar refractivity (Wildman–Crippen MR) is 114 cm³/mol. The van der Waals surface area contributed by atoms with Crippen molar-refractivity contribution in [2.75, 3.05) is 44.8 Å². The van der Waals surface area contributed by atoms with Crippen LogP contribution in [0.15, 0.2) is 30.3 Å². The van der Waals surface area contributed by atoms with Crippen molar-refractivity contribution in [3.8, 4) is 0 Å². The van der Waals surface area contributed by atoms with Crippen LogP contribution in [0.4, 0.5) is 5.82 Å². The molecular weight excluding hydrogens is 386 g/mol. The Kier molecular flexibility index (Phi) is 5.85. The zero-order valence-electron chi connectivity index (χ0n) is 17.1. The first-order valence-corrected chi connectivity index (χ1v) is 11.8. The van der Waals surface area contributed by atoms with Gasteiger partial charge in [-0.2, -0.15) is 0 Å². The van der Waals surface area contributed by atoms with E-state index in [2.05, 4.69) is 17.3 Å². The van der Waals surface area contributed by atoms with Gasteiger partial charge in [0, 0.05) is 51.1 Å². The van der Waals surface area contributed by atoms with Gasteiger partial charge in [0.25, 0.3) is 0 Å². The molecule has 7 nitrogen and oxygen atoms in total. The predicted octanol–water partition coefficient (Wildman–Crippen LogP) is 1.87. The Labute approximate surface area is 173 Å². The van der Waals surface area contributed by atoms with Crippen LogP contribution in [0.5, 0.6) is 0 Å². The molecule has 2 aliphatic heterocycles. The number of likely N-dealkylation sites (N-methyl/N-ethyl adjacent to an activating group) is 1. The summed E-state index contributed by atoms with van der Waals surface area (Å²) in [6.45, 7) is 2.84. The lowest BCUT2D eigenvalue weighted by Gasteiger charge is -2.26. The van der Waals surface area contributed by atoms with Crippen LogP contribution in [-0.4, -0.2) is 67.1 Å². The van der Waals surface area contributed by atoms with Crippen LogP contribution in [0.25, 0.3) is 0 Å². The number of anilines is 1. The zero-order valence-corrected chi connectivity index (χ0v) is 18.0. The lowest BCUT2D eigenvalue weighted by atomic mass is 10.0. The SMILES string of the molecule is CNc1nc(C2CCN(S(=O)(=O)CCc3ccccc3)C2)nc2c1CN(C)CC2. The number of hydrogen-bond acceptors (Lipinski definition) is 6. The van der Waals surface area contributed by atoms with Crippen molar-refractivity contribution in [1.82, 2.24) is 19.2 Å². The Morgan fingerprint density at radius 3 is 2.72 bits per heavy atom. The number of rotatable bonds is 6. The second-order valence-electron chi connectivity index (χ2n) is 7.99. The molecule has 1 N–H and O–H groups in total. The van der Waals surface area contributed by atoms with Crippen molar-refractivity contribution in [1.29, 1.82) is 0 Å². The molecule has 1 fully saturated rings. The van der Waals surface area contributed by atoms with E-state index in [-0.39, 0.29) is 11.7 Å². The van der Waals surface area contributed by atoms with E-state index in [1.807, 2.05) is 37.4 Å². The zero-order chi connectivity index (χ0) is 20.4. The van der Waals surface area contributed by atoms with Gasteiger partial charge < -0.3 is 10.2 Å². The second-order valence-corrected chi connectivity index (χ2v) is 10.1. The van der Waals surface area contributed by atoms with E-state index in [0.717, 1.165) is 54.4 Å². The highest BCUT2D eigenvalue weighted by Gasteiger charge is 2.34. The molecule has 156 valence electrons. The van der Waals surface area contributed by atoms with Crippen molar-refractivity contribution in [3.05, 3.63) is 53.0 Å². The van der Waals surface area contributed by atoms with Crippen molar-refractivity contribution in [2.24, 2.45) is 0 Å². The lowest BCUT2D eigenvalue weighted by Crippen LogP contribution is -2.32. The van der Waals surface area contributed by atoms with Crippen molar-refractivity contribution >= 4 is 15.8 Å². The Bertz CT molecular complexity index is 947. The summed E-state index contributed by atoms with van der Waals surface area (Å²) in [4.78, 5) is 11.9. The molecule has 0 amide bonds. The van der Waals surface area contributed by atoms with Gasteiger partial charge in [0.15, 0.2) is 0 Å². The monoisotopic (exact) mass is 415 g/mol. The lowest BCUT2D eigenvalue weighted by molar-refractivity contribution is 0.309. The molecule has 1 unspecified atom stereocenters. The molecule has 8 heteroatoms. The first kappa shape index (κ1) is 20.3. The molecule has 4 rings (SSSR count). The fourth-order valence-corrected chi connectivity index (χ4v) is 5.71. The van der Waals surface area contributed by atoms with Gasteiger partial charge in [-0.15, -0.1) is 0 Å². The maximum atomic E-state index is 12.8. The maximum Gasteiger partial charge on any atom is 0.214 e. The van der Waals surface area contributed by atoms with Crippen LogP contribution in [0.1, 0.15) is 35.0 Å². The number of benzene rings is 1. The maximum absolute atomic E-state index is 12.8. The second kappa shape index (κ2) is 8.38. The number of aryl methyl sites for hydroxylation is 1. The first-order chi connectivity index (χ1) is 14.0. The molecule has 2 aromatic rings. The van der Waals surface area contributed by atoms with E-state index in [1.54, 1.807) is 4.31 Å². The van der Waals surface area contributed by atoms with E-state index in [0.29, 0.717) is 19.5 Å². The first-order valence-electron chi connectivity index (χ1n) is 10.2. The fraction of sp³-hybridized carbons (Fsp3) is 0.524. The van der Waals surface area contributed by atoms with Gasteiger partial charge in [-0.3, -0.25) is 0 Å². The largest absolute Gasteiger partial charge is 0.373 e.